The number of hydrazine groups is 1. The number of pyridine rings is 2. The van der Waals surface area contributed by atoms with Crippen LogP contribution in [0, 0.1) is 6.92 Å². The highest BCUT2D eigenvalue weighted by molar-refractivity contribution is 5.94. The predicted octanol–water partition coefficient (Wildman–Crippen LogP) is 6.97. The SMILES string of the molecule is Cc1nc(N(c2ccc(C(F)(F)F)nc2)N2CCCCC2)c2ccc(-c3ncccc3C(F)(F)F)cc2n1. The smallest absolute Gasteiger partial charge is 0.256 e. The number of hydrogen-bond acceptors (Lipinski definition) is 6. The van der Waals surface area contributed by atoms with Gasteiger partial charge < -0.3 is 0 Å². The molecule has 198 valence electrons. The Morgan fingerprint density at radius 1 is 0.842 bits per heavy atom. The summed E-state index contributed by atoms with van der Waals surface area (Å²) >= 11 is 0. The summed E-state index contributed by atoms with van der Waals surface area (Å²) < 4.78 is 80.3. The van der Waals surface area contributed by atoms with Crippen molar-refractivity contribution in [2.24, 2.45) is 0 Å². The molecular formula is C26H22F6N6. The molecule has 1 aliphatic rings. The zero-order valence-corrected chi connectivity index (χ0v) is 20.2. The van der Waals surface area contributed by atoms with Gasteiger partial charge >= 0.3 is 12.4 Å². The standard InChI is InChI=1S/C26H22F6N6/c1-16-35-21-14-17(23-20(25(27,28)29)6-5-11-33-23)7-9-19(21)24(36-16)38(37-12-3-2-4-13-37)18-8-10-22(34-15-18)26(30,31)32/h5-11,14-15H,2-4,12-13H2,1H3. The van der Waals surface area contributed by atoms with Gasteiger partial charge in [0.25, 0.3) is 0 Å². The summed E-state index contributed by atoms with van der Waals surface area (Å²) in [7, 11) is 0. The van der Waals surface area contributed by atoms with Gasteiger partial charge in [-0.3, -0.25) is 9.99 Å². The Labute approximate surface area is 214 Å². The average molecular weight is 532 g/mol. The van der Waals surface area contributed by atoms with E-state index in [9.17, 15) is 26.3 Å². The van der Waals surface area contributed by atoms with E-state index in [1.165, 1.54) is 30.5 Å². The lowest BCUT2D eigenvalue weighted by Gasteiger charge is -2.38. The average Bonchev–Trinajstić information content (AvgIpc) is 2.88. The van der Waals surface area contributed by atoms with Crippen LogP contribution in [0.2, 0.25) is 0 Å². The zero-order chi connectivity index (χ0) is 27.1. The van der Waals surface area contributed by atoms with Crippen molar-refractivity contribution in [2.45, 2.75) is 38.5 Å². The number of benzene rings is 1. The summed E-state index contributed by atoms with van der Waals surface area (Å²) in [5.41, 5.74) is -1.10. The van der Waals surface area contributed by atoms with Crippen LogP contribution in [-0.4, -0.2) is 38.0 Å². The highest BCUT2D eigenvalue weighted by Gasteiger charge is 2.35. The van der Waals surface area contributed by atoms with Gasteiger partial charge in [0.05, 0.1) is 28.7 Å². The third-order valence-corrected chi connectivity index (χ3v) is 6.27. The number of rotatable bonds is 4. The van der Waals surface area contributed by atoms with Crippen molar-refractivity contribution < 1.29 is 26.3 Å². The fourth-order valence-electron chi connectivity index (χ4n) is 4.57. The minimum absolute atomic E-state index is 0.223. The lowest BCUT2D eigenvalue weighted by atomic mass is 10.0. The molecule has 38 heavy (non-hydrogen) atoms. The minimum atomic E-state index is -4.59. The van der Waals surface area contributed by atoms with Crippen molar-refractivity contribution in [3.8, 4) is 11.3 Å². The normalized spacial score (nSPS) is 15.1. The first-order valence-electron chi connectivity index (χ1n) is 11.9. The molecule has 0 amide bonds. The first-order chi connectivity index (χ1) is 18.0. The predicted molar refractivity (Wildman–Crippen MR) is 129 cm³/mol. The maximum Gasteiger partial charge on any atom is 0.433 e. The van der Waals surface area contributed by atoms with Crippen LogP contribution in [-0.2, 0) is 12.4 Å². The largest absolute Gasteiger partial charge is 0.433 e. The van der Waals surface area contributed by atoms with E-state index in [0.717, 1.165) is 37.6 Å². The molecule has 0 unspecified atom stereocenters. The maximum absolute atomic E-state index is 13.6. The third kappa shape index (κ3) is 5.13. The van der Waals surface area contributed by atoms with Crippen LogP contribution in [0.1, 0.15) is 36.3 Å². The number of piperidine rings is 1. The fourth-order valence-corrected chi connectivity index (χ4v) is 4.57. The van der Waals surface area contributed by atoms with E-state index in [-0.39, 0.29) is 11.3 Å². The lowest BCUT2D eigenvalue weighted by molar-refractivity contribution is -0.141. The van der Waals surface area contributed by atoms with E-state index < -0.39 is 23.6 Å². The highest BCUT2D eigenvalue weighted by atomic mass is 19.4. The molecular weight excluding hydrogens is 510 g/mol. The molecule has 1 saturated heterocycles. The molecule has 1 fully saturated rings. The van der Waals surface area contributed by atoms with Crippen molar-refractivity contribution >= 4 is 22.4 Å². The van der Waals surface area contributed by atoms with Crippen molar-refractivity contribution in [3.63, 3.8) is 0 Å². The van der Waals surface area contributed by atoms with Crippen LogP contribution in [0.4, 0.5) is 37.8 Å². The summed E-state index contributed by atoms with van der Waals surface area (Å²) in [6, 6.07) is 9.10. The zero-order valence-electron chi connectivity index (χ0n) is 20.2. The van der Waals surface area contributed by atoms with Crippen LogP contribution >= 0.6 is 0 Å². The van der Waals surface area contributed by atoms with E-state index in [4.69, 9.17) is 0 Å². The van der Waals surface area contributed by atoms with Crippen LogP contribution in [0.5, 0.6) is 0 Å². The number of anilines is 2. The fraction of sp³-hybridized carbons (Fsp3) is 0.308. The number of fused-ring (bicyclic) bond motifs is 1. The van der Waals surface area contributed by atoms with Gasteiger partial charge in [-0.15, -0.1) is 0 Å². The third-order valence-electron chi connectivity index (χ3n) is 6.27. The molecule has 0 saturated carbocycles. The molecule has 0 aliphatic carbocycles. The topological polar surface area (TPSA) is 58.0 Å². The molecule has 3 aromatic heterocycles. The molecule has 0 atom stereocenters. The van der Waals surface area contributed by atoms with E-state index in [2.05, 4.69) is 19.9 Å². The summed E-state index contributed by atoms with van der Waals surface area (Å²) in [6.45, 7) is 2.94. The second-order valence-electron chi connectivity index (χ2n) is 8.95. The Hall–Kier alpha value is -3.80. The summed E-state index contributed by atoms with van der Waals surface area (Å²) in [4.78, 5) is 16.7. The number of nitrogens with zero attached hydrogens (tertiary/aromatic N) is 6. The van der Waals surface area contributed by atoms with Crippen molar-refractivity contribution in [3.05, 3.63) is 71.9 Å². The van der Waals surface area contributed by atoms with Crippen LogP contribution in [0.3, 0.4) is 0 Å². The van der Waals surface area contributed by atoms with Crippen LogP contribution in [0.15, 0.2) is 54.9 Å². The van der Waals surface area contributed by atoms with Gasteiger partial charge in [-0.1, -0.05) is 12.5 Å². The number of halogens is 6. The molecule has 12 heteroatoms. The van der Waals surface area contributed by atoms with Gasteiger partial charge in [-0.05, 0) is 56.2 Å². The van der Waals surface area contributed by atoms with Crippen molar-refractivity contribution in [1.29, 1.82) is 0 Å². The summed E-state index contributed by atoms with van der Waals surface area (Å²) in [5.74, 6) is 0.753. The summed E-state index contributed by atoms with van der Waals surface area (Å²) in [6.07, 6.45) is -3.93. The Kier molecular flexibility index (Phi) is 6.68. The molecule has 4 heterocycles. The summed E-state index contributed by atoms with van der Waals surface area (Å²) in [5, 5.41) is 4.24. The van der Waals surface area contributed by atoms with Gasteiger partial charge in [-0.25, -0.2) is 20.0 Å². The molecule has 4 aromatic rings. The number of aromatic nitrogens is 4. The van der Waals surface area contributed by atoms with Gasteiger partial charge in [0.2, 0.25) is 0 Å². The molecule has 1 aromatic carbocycles. The number of alkyl halides is 6. The lowest BCUT2D eigenvalue weighted by Crippen LogP contribution is -2.43. The first-order valence-corrected chi connectivity index (χ1v) is 11.9. The molecule has 6 nitrogen and oxygen atoms in total. The number of hydrogen-bond donors (Lipinski definition) is 0. The van der Waals surface area contributed by atoms with E-state index in [1.54, 1.807) is 18.0 Å². The second kappa shape index (κ2) is 9.82. The van der Waals surface area contributed by atoms with Crippen LogP contribution < -0.4 is 5.01 Å². The van der Waals surface area contributed by atoms with E-state index >= 15 is 0 Å². The molecule has 0 radical (unpaired) electrons. The minimum Gasteiger partial charge on any atom is -0.256 e. The Balaban J connectivity index is 1.66. The monoisotopic (exact) mass is 532 g/mol. The molecule has 1 aliphatic heterocycles. The number of aryl methyl sites for hydroxylation is 1. The molecule has 0 bridgehead atoms. The molecule has 5 rings (SSSR count). The first kappa shape index (κ1) is 25.8. The van der Waals surface area contributed by atoms with Crippen molar-refractivity contribution in [1.82, 2.24) is 24.9 Å². The molecule has 0 spiro atoms. The van der Waals surface area contributed by atoms with Crippen LogP contribution in [0.25, 0.3) is 22.2 Å². The van der Waals surface area contributed by atoms with E-state index in [1.807, 2.05) is 5.01 Å². The second-order valence-corrected chi connectivity index (χ2v) is 8.95. The molecule has 0 N–H and O–H groups in total. The van der Waals surface area contributed by atoms with Gasteiger partial charge in [-0.2, -0.15) is 26.3 Å². The van der Waals surface area contributed by atoms with E-state index in [0.29, 0.717) is 41.3 Å². The van der Waals surface area contributed by atoms with Gasteiger partial charge in [0.1, 0.15) is 11.5 Å². The maximum atomic E-state index is 13.6. The van der Waals surface area contributed by atoms with Crippen molar-refractivity contribution in [2.75, 3.05) is 18.1 Å². The Bertz CT molecular complexity index is 1450. The highest BCUT2D eigenvalue weighted by Crippen LogP contribution is 2.39. The quantitative estimate of drug-likeness (QED) is 0.265. The Morgan fingerprint density at radius 2 is 1.61 bits per heavy atom. The Morgan fingerprint density at radius 3 is 2.26 bits per heavy atom. The van der Waals surface area contributed by atoms with Gasteiger partial charge in [0, 0.05) is 30.2 Å². The van der Waals surface area contributed by atoms with Gasteiger partial charge in [0.15, 0.2) is 5.82 Å².